The van der Waals surface area contributed by atoms with Crippen molar-refractivity contribution in [1.82, 2.24) is 4.57 Å². The molecule has 1 aromatic heterocycles. The molecule has 0 unspecified atom stereocenters. The molecule has 5 heteroatoms. The van der Waals surface area contributed by atoms with Crippen molar-refractivity contribution >= 4 is 5.97 Å². The van der Waals surface area contributed by atoms with E-state index < -0.39 is 5.97 Å². The molecule has 0 amide bonds. The van der Waals surface area contributed by atoms with Crippen molar-refractivity contribution in [2.75, 3.05) is 6.61 Å². The molecule has 1 saturated heterocycles. The molecular weight excluding hydrogens is 297 g/mol. The van der Waals surface area contributed by atoms with Gasteiger partial charge in [-0.05, 0) is 61.2 Å². The van der Waals surface area contributed by atoms with Crippen LogP contribution < -0.4 is 0 Å². The van der Waals surface area contributed by atoms with Crippen LogP contribution in [0, 0.1) is 5.82 Å². The number of carboxylic acids is 1. The lowest BCUT2D eigenvalue weighted by atomic mass is 10.1. The van der Waals surface area contributed by atoms with Crippen molar-refractivity contribution in [2.24, 2.45) is 0 Å². The summed E-state index contributed by atoms with van der Waals surface area (Å²) in [5.74, 6) is -1.07. The van der Waals surface area contributed by atoms with E-state index in [1.807, 2.05) is 12.1 Å². The van der Waals surface area contributed by atoms with Crippen molar-refractivity contribution in [3.8, 4) is 11.3 Å². The molecule has 0 spiro atoms. The summed E-state index contributed by atoms with van der Waals surface area (Å²) in [7, 11) is 0. The van der Waals surface area contributed by atoms with E-state index in [9.17, 15) is 9.18 Å². The standard InChI is InChI=1S/C18H20FNO3/c19-14-5-3-13(4-6-14)17-9-7-15(8-10-18(21)22)20(17)12-16-2-1-11-23-16/h3-7,9,16H,1-2,8,10-12H2,(H,21,22)/t16-/m1/s1. The molecule has 3 rings (SSSR count). The lowest BCUT2D eigenvalue weighted by Crippen LogP contribution is -2.18. The zero-order chi connectivity index (χ0) is 16.2. The molecule has 2 heterocycles. The second kappa shape index (κ2) is 6.96. The van der Waals surface area contributed by atoms with E-state index >= 15 is 0 Å². The van der Waals surface area contributed by atoms with Crippen LogP contribution in [0.3, 0.4) is 0 Å². The second-order valence-electron chi connectivity index (χ2n) is 5.86. The number of carbonyl (C=O) groups is 1. The lowest BCUT2D eigenvalue weighted by Gasteiger charge is -2.17. The summed E-state index contributed by atoms with van der Waals surface area (Å²) in [5, 5.41) is 8.93. The zero-order valence-corrected chi connectivity index (χ0v) is 12.9. The molecule has 1 aliphatic heterocycles. The van der Waals surface area contributed by atoms with Gasteiger partial charge in [-0.2, -0.15) is 0 Å². The number of hydrogen-bond acceptors (Lipinski definition) is 2. The molecule has 1 aromatic carbocycles. The Balaban J connectivity index is 1.90. The summed E-state index contributed by atoms with van der Waals surface area (Å²) in [6.07, 6.45) is 2.80. The Labute approximate surface area is 134 Å². The summed E-state index contributed by atoms with van der Waals surface area (Å²) >= 11 is 0. The van der Waals surface area contributed by atoms with Gasteiger partial charge >= 0.3 is 5.97 Å². The van der Waals surface area contributed by atoms with Crippen molar-refractivity contribution in [2.45, 2.75) is 38.3 Å². The first-order valence-electron chi connectivity index (χ1n) is 7.91. The van der Waals surface area contributed by atoms with E-state index in [4.69, 9.17) is 9.84 Å². The lowest BCUT2D eigenvalue weighted by molar-refractivity contribution is -0.136. The van der Waals surface area contributed by atoms with Gasteiger partial charge in [0.15, 0.2) is 0 Å². The molecule has 1 atom stereocenters. The number of aryl methyl sites for hydroxylation is 1. The third-order valence-corrected chi connectivity index (χ3v) is 4.22. The Kier molecular flexibility index (Phi) is 4.76. The van der Waals surface area contributed by atoms with Crippen LogP contribution in [0.5, 0.6) is 0 Å². The first-order valence-corrected chi connectivity index (χ1v) is 7.91. The van der Waals surface area contributed by atoms with Gasteiger partial charge in [0.25, 0.3) is 0 Å². The summed E-state index contributed by atoms with van der Waals surface area (Å²) in [5.41, 5.74) is 2.87. The van der Waals surface area contributed by atoms with Crippen LogP contribution in [0.15, 0.2) is 36.4 Å². The SMILES string of the molecule is O=C(O)CCc1ccc(-c2ccc(F)cc2)n1C[C@H]1CCCO1. The first kappa shape index (κ1) is 15.7. The normalized spacial score (nSPS) is 17.5. The fourth-order valence-electron chi connectivity index (χ4n) is 3.04. The van der Waals surface area contributed by atoms with Crippen molar-refractivity contribution in [1.29, 1.82) is 0 Å². The van der Waals surface area contributed by atoms with E-state index in [0.29, 0.717) is 13.0 Å². The number of nitrogens with zero attached hydrogens (tertiary/aromatic N) is 1. The summed E-state index contributed by atoms with van der Waals surface area (Å²) in [6, 6.07) is 10.3. The van der Waals surface area contributed by atoms with E-state index in [1.165, 1.54) is 12.1 Å². The van der Waals surface area contributed by atoms with Crippen molar-refractivity contribution in [3.63, 3.8) is 0 Å². The number of benzene rings is 1. The zero-order valence-electron chi connectivity index (χ0n) is 12.9. The maximum atomic E-state index is 13.2. The van der Waals surface area contributed by atoms with Crippen LogP contribution in [-0.4, -0.2) is 28.4 Å². The summed E-state index contributed by atoms with van der Waals surface area (Å²) in [6.45, 7) is 1.48. The average molecular weight is 317 g/mol. The van der Waals surface area contributed by atoms with Gasteiger partial charge in [-0.1, -0.05) is 0 Å². The highest BCUT2D eigenvalue weighted by Crippen LogP contribution is 2.26. The molecule has 4 nitrogen and oxygen atoms in total. The molecular formula is C18H20FNO3. The van der Waals surface area contributed by atoms with Crippen LogP contribution in [0.4, 0.5) is 4.39 Å². The molecule has 0 radical (unpaired) electrons. The maximum absolute atomic E-state index is 13.2. The van der Waals surface area contributed by atoms with Gasteiger partial charge in [-0.25, -0.2) is 4.39 Å². The molecule has 0 aliphatic carbocycles. The van der Waals surface area contributed by atoms with Crippen LogP contribution in [-0.2, 0) is 22.5 Å². The van der Waals surface area contributed by atoms with Gasteiger partial charge in [0.05, 0.1) is 12.5 Å². The highest BCUT2D eigenvalue weighted by molar-refractivity contribution is 5.67. The number of hydrogen-bond donors (Lipinski definition) is 1. The third-order valence-electron chi connectivity index (χ3n) is 4.22. The van der Waals surface area contributed by atoms with Gasteiger partial charge in [-0.15, -0.1) is 0 Å². The van der Waals surface area contributed by atoms with Gasteiger partial charge in [0.1, 0.15) is 5.82 Å². The number of halogens is 1. The Hall–Kier alpha value is -2.14. The highest BCUT2D eigenvalue weighted by atomic mass is 19.1. The van der Waals surface area contributed by atoms with Crippen LogP contribution >= 0.6 is 0 Å². The minimum absolute atomic E-state index is 0.0956. The largest absolute Gasteiger partial charge is 0.481 e. The number of carboxylic acid groups (broad SMARTS) is 1. The molecule has 1 aliphatic rings. The molecule has 0 saturated carbocycles. The average Bonchev–Trinajstić information content (AvgIpc) is 3.17. The smallest absolute Gasteiger partial charge is 0.303 e. The molecule has 0 bridgehead atoms. The number of aromatic nitrogens is 1. The summed E-state index contributed by atoms with van der Waals surface area (Å²) < 4.78 is 21.0. The Morgan fingerprint density at radius 2 is 2.04 bits per heavy atom. The van der Waals surface area contributed by atoms with E-state index in [1.54, 1.807) is 12.1 Å². The topological polar surface area (TPSA) is 51.5 Å². The molecule has 122 valence electrons. The Bertz CT molecular complexity index is 672. The van der Waals surface area contributed by atoms with Crippen molar-refractivity contribution < 1.29 is 19.0 Å². The van der Waals surface area contributed by atoms with Crippen LogP contribution in [0.25, 0.3) is 11.3 Å². The Morgan fingerprint density at radius 3 is 2.70 bits per heavy atom. The predicted molar refractivity (Wildman–Crippen MR) is 84.8 cm³/mol. The summed E-state index contributed by atoms with van der Waals surface area (Å²) in [4.78, 5) is 10.9. The fourth-order valence-corrected chi connectivity index (χ4v) is 3.04. The van der Waals surface area contributed by atoms with Gasteiger partial charge in [-0.3, -0.25) is 4.79 Å². The maximum Gasteiger partial charge on any atom is 0.303 e. The first-order chi connectivity index (χ1) is 11.1. The van der Waals surface area contributed by atoms with Crippen LogP contribution in [0.1, 0.15) is 25.0 Å². The number of aliphatic carboxylic acids is 1. The van der Waals surface area contributed by atoms with E-state index in [-0.39, 0.29) is 18.3 Å². The van der Waals surface area contributed by atoms with Gasteiger partial charge in [0.2, 0.25) is 0 Å². The molecule has 2 aromatic rings. The predicted octanol–water partition coefficient (Wildman–Crippen LogP) is 3.49. The fraction of sp³-hybridized carbons (Fsp3) is 0.389. The van der Waals surface area contributed by atoms with Crippen molar-refractivity contribution in [3.05, 3.63) is 47.9 Å². The van der Waals surface area contributed by atoms with Crippen LogP contribution in [0.2, 0.25) is 0 Å². The van der Waals surface area contributed by atoms with Gasteiger partial charge in [0, 0.05) is 24.5 Å². The van der Waals surface area contributed by atoms with E-state index in [2.05, 4.69) is 4.57 Å². The minimum Gasteiger partial charge on any atom is -0.481 e. The minimum atomic E-state index is -0.807. The monoisotopic (exact) mass is 317 g/mol. The molecule has 1 N–H and O–H groups in total. The third kappa shape index (κ3) is 3.79. The second-order valence-corrected chi connectivity index (χ2v) is 5.86. The van der Waals surface area contributed by atoms with Gasteiger partial charge < -0.3 is 14.4 Å². The molecule has 1 fully saturated rings. The quantitative estimate of drug-likeness (QED) is 0.887. The number of ether oxygens (including phenoxy) is 1. The molecule has 23 heavy (non-hydrogen) atoms. The Morgan fingerprint density at radius 1 is 1.26 bits per heavy atom. The van der Waals surface area contributed by atoms with E-state index in [0.717, 1.165) is 36.4 Å². The number of rotatable bonds is 6. The highest BCUT2D eigenvalue weighted by Gasteiger charge is 2.20.